The molecule has 102 valence electrons. The highest BCUT2D eigenvalue weighted by atomic mass is 32.1. The van der Waals surface area contributed by atoms with Crippen LogP contribution in [0.2, 0.25) is 0 Å². The second kappa shape index (κ2) is 7.20. The zero-order valence-corrected chi connectivity index (χ0v) is 13.1. The van der Waals surface area contributed by atoms with Crippen LogP contribution in [0.1, 0.15) is 51.2 Å². The molecule has 0 spiro atoms. The molecule has 0 aliphatic heterocycles. The summed E-state index contributed by atoms with van der Waals surface area (Å²) in [4.78, 5) is 0. The van der Waals surface area contributed by atoms with E-state index in [1.54, 1.807) is 0 Å². The van der Waals surface area contributed by atoms with Crippen LogP contribution in [-0.4, -0.2) is 18.8 Å². The first-order chi connectivity index (χ1) is 8.47. The fourth-order valence-corrected chi connectivity index (χ4v) is 2.18. The normalized spacial score (nSPS) is 12.1. The first-order valence-electron chi connectivity index (χ1n) is 6.89. The summed E-state index contributed by atoms with van der Waals surface area (Å²) in [6.07, 6.45) is 1.13. The molecule has 1 rings (SSSR count). The summed E-state index contributed by atoms with van der Waals surface area (Å²) in [5.41, 5.74) is 3.01. The first kappa shape index (κ1) is 15.6. The molecule has 0 saturated heterocycles. The molecule has 0 bridgehead atoms. The van der Waals surface area contributed by atoms with Crippen LogP contribution in [0.4, 0.5) is 0 Å². The topological polar surface area (TPSA) is 12.0 Å². The van der Waals surface area contributed by atoms with Crippen LogP contribution in [0.5, 0.6) is 0 Å². The van der Waals surface area contributed by atoms with E-state index < -0.39 is 0 Å². The van der Waals surface area contributed by atoms with E-state index in [-0.39, 0.29) is 5.41 Å². The van der Waals surface area contributed by atoms with Crippen molar-refractivity contribution in [2.24, 2.45) is 0 Å². The maximum Gasteiger partial charge on any atom is 0.00431 e. The van der Waals surface area contributed by atoms with E-state index in [1.165, 1.54) is 11.1 Å². The van der Waals surface area contributed by atoms with Gasteiger partial charge in [0.2, 0.25) is 0 Å². The fourth-order valence-electron chi connectivity index (χ4n) is 2.03. The summed E-state index contributed by atoms with van der Waals surface area (Å²) < 4.78 is 0. The van der Waals surface area contributed by atoms with Crippen molar-refractivity contribution in [2.45, 2.75) is 45.4 Å². The van der Waals surface area contributed by atoms with E-state index in [4.69, 9.17) is 0 Å². The molecule has 0 amide bonds. The van der Waals surface area contributed by atoms with Gasteiger partial charge in [-0.25, -0.2) is 0 Å². The molecule has 0 aliphatic rings. The smallest absolute Gasteiger partial charge is 0.00431 e. The lowest BCUT2D eigenvalue weighted by Crippen LogP contribution is -2.33. The van der Waals surface area contributed by atoms with Gasteiger partial charge in [0, 0.05) is 12.0 Å². The summed E-state index contributed by atoms with van der Waals surface area (Å²) in [5.74, 6) is 1.56. The Kier molecular flexibility index (Phi) is 6.24. The Balaban J connectivity index is 2.60. The zero-order valence-electron chi connectivity index (χ0n) is 12.2. The Bertz CT molecular complexity index is 341. The minimum absolute atomic E-state index is 0.187. The maximum absolute atomic E-state index is 4.23. The lowest BCUT2D eigenvalue weighted by atomic mass is 9.83. The van der Waals surface area contributed by atoms with Gasteiger partial charge in [0.1, 0.15) is 0 Å². The molecule has 0 radical (unpaired) electrons. The van der Waals surface area contributed by atoms with Gasteiger partial charge in [-0.1, -0.05) is 52.0 Å². The number of nitrogens with one attached hydrogen (secondary N) is 1. The summed E-state index contributed by atoms with van der Waals surface area (Å²) in [7, 11) is 0. The molecule has 0 unspecified atom stereocenters. The highest BCUT2D eigenvalue weighted by Gasteiger charge is 2.19. The third kappa shape index (κ3) is 4.66. The summed E-state index contributed by atoms with van der Waals surface area (Å²) >= 11 is 4.23. The standard InChI is InChI=1S/C16H27NS/c1-13(2)14-6-8-15(9-7-14)16(3,4)12-17-10-5-11-18/h6-9,13,17-18H,5,10-12H2,1-4H3. The minimum Gasteiger partial charge on any atom is -0.316 e. The first-order valence-corrected chi connectivity index (χ1v) is 7.52. The average Bonchev–Trinajstić information content (AvgIpc) is 2.35. The molecular formula is C16H27NS. The van der Waals surface area contributed by atoms with E-state index in [2.05, 4.69) is 69.9 Å². The Morgan fingerprint density at radius 1 is 1.17 bits per heavy atom. The van der Waals surface area contributed by atoms with Crippen molar-refractivity contribution in [1.82, 2.24) is 5.32 Å². The minimum atomic E-state index is 0.187. The van der Waals surface area contributed by atoms with Crippen molar-refractivity contribution in [3.05, 3.63) is 35.4 Å². The van der Waals surface area contributed by atoms with Gasteiger partial charge in [-0.3, -0.25) is 0 Å². The number of benzene rings is 1. The number of hydrogen-bond acceptors (Lipinski definition) is 2. The lowest BCUT2D eigenvalue weighted by molar-refractivity contribution is 0.470. The van der Waals surface area contributed by atoms with Crippen molar-refractivity contribution >= 4 is 12.6 Å². The molecule has 2 heteroatoms. The van der Waals surface area contributed by atoms with Gasteiger partial charge in [0.25, 0.3) is 0 Å². The van der Waals surface area contributed by atoms with Crippen molar-refractivity contribution in [1.29, 1.82) is 0 Å². The quantitative estimate of drug-likeness (QED) is 0.561. The molecule has 0 heterocycles. The Morgan fingerprint density at radius 3 is 2.28 bits per heavy atom. The molecule has 0 atom stereocenters. The lowest BCUT2D eigenvalue weighted by Gasteiger charge is -2.26. The second-order valence-corrected chi connectivity index (χ2v) is 6.36. The third-order valence-electron chi connectivity index (χ3n) is 3.44. The molecule has 18 heavy (non-hydrogen) atoms. The van der Waals surface area contributed by atoms with Gasteiger partial charge in [-0.2, -0.15) is 12.6 Å². The van der Waals surface area contributed by atoms with Crippen LogP contribution in [0.25, 0.3) is 0 Å². The van der Waals surface area contributed by atoms with E-state index in [9.17, 15) is 0 Å². The van der Waals surface area contributed by atoms with Gasteiger partial charge < -0.3 is 5.32 Å². The van der Waals surface area contributed by atoms with Gasteiger partial charge in [0.15, 0.2) is 0 Å². The Hall–Kier alpha value is -0.470. The molecule has 0 aliphatic carbocycles. The Morgan fingerprint density at radius 2 is 1.78 bits per heavy atom. The van der Waals surface area contributed by atoms with E-state index in [0.29, 0.717) is 5.92 Å². The summed E-state index contributed by atoms with van der Waals surface area (Å²) in [6, 6.07) is 9.07. The monoisotopic (exact) mass is 265 g/mol. The molecule has 1 nitrogen and oxygen atoms in total. The summed E-state index contributed by atoms with van der Waals surface area (Å²) in [6.45, 7) is 11.1. The fraction of sp³-hybridized carbons (Fsp3) is 0.625. The van der Waals surface area contributed by atoms with Crippen molar-refractivity contribution < 1.29 is 0 Å². The van der Waals surface area contributed by atoms with Crippen molar-refractivity contribution in [3.8, 4) is 0 Å². The number of rotatable bonds is 7. The second-order valence-electron chi connectivity index (χ2n) is 5.91. The van der Waals surface area contributed by atoms with Gasteiger partial charge in [-0.15, -0.1) is 0 Å². The molecular weight excluding hydrogens is 238 g/mol. The molecule has 0 saturated carbocycles. The predicted molar refractivity (Wildman–Crippen MR) is 84.9 cm³/mol. The van der Waals surface area contributed by atoms with Gasteiger partial charge in [0.05, 0.1) is 0 Å². The molecule has 1 N–H and O–H groups in total. The third-order valence-corrected chi connectivity index (χ3v) is 3.75. The largest absolute Gasteiger partial charge is 0.316 e. The Labute approximate surface area is 118 Å². The van der Waals surface area contributed by atoms with E-state index in [1.807, 2.05) is 0 Å². The predicted octanol–water partition coefficient (Wildman–Crippen LogP) is 4.00. The van der Waals surface area contributed by atoms with Crippen LogP contribution in [0.3, 0.4) is 0 Å². The van der Waals surface area contributed by atoms with Crippen molar-refractivity contribution in [2.75, 3.05) is 18.8 Å². The summed E-state index contributed by atoms with van der Waals surface area (Å²) in [5, 5.41) is 3.51. The number of thiol groups is 1. The van der Waals surface area contributed by atoms with Crippen LogP contribution in [-0.2, 0) is 5.41 Å². The molecule has 1 aromatic carbocycles. The molecule has 0 fully saturated rings. The highest BCUT2D eigenvalue weighted by Crippen LogP contribution is 2.24. The average molecular weight is 265 g/mol. The van der Waals surface area contributed by atoms with Crippen LogP contribution in [0.15, 0.2) is 24.3 Å². The van der Waals surface area contributed by atoms with E-state index in [0.717, 1.165) is 25.3 Å². The van der Waals surface area contributed by atoms with Gasteiger partial charge >= 0.3 is 0 Å². The highest BCUT2D eigenvalue weighted by molar-refractivity contribution is 7.80. The molecule has 0 aromatic heterocycles. The van der Waals surface area contributed by atoms with Crippen molar-refractivity contribution in [3.63, 3.8) is 0 Å². The van der Waals surface area contributed by atoms with Crippen LogP contribution >= 0.6 is 12.6 Å². The van der Waals surface area contributed by atoms with E-state index >= 15 is 0 Å². The SMILES string of the molecule is CC(C)c1ccc(C(C)(C)CNCCCS)cc1. The zero-order chi connectivity index (χ0) is 13.6. The van der Waals surface area contributed by atoms with Crippen LogP contribution < -0.4 is 5.32 Å². The maximum atomic E-state index is 4.23. The van der Waals surface area contributed by atoms with Crippen LogP contribution in [0, 0.1) is 0 Å². The van der Waals surface area contributed by atoms with Gasteiger partial charge in [-0.05, 0) is 35.8 Å². The number of hydrogen-bond donors (Lipinski definition) is 2. The molecule has 1 aromatic rings.